The van der Waals surface area contributed by atoms with Crippen LogP contribution < -0.4 is 9.47 Å². The number of aldehydes is 1. The molecule has 1 aliphatic rings. The molecular formula is C17H15ClO3. The van der Waals surface area contributed by atoms with Crippen molar-refractivity contribution in [2.75, 3.05) is 0 Å². The third-order valence-electron chi connectivity index (χ3n) is 3.37. The molecule has 0 amide bonds. The smallest absolute Gasteiger partial charge is 0.169 e. The zero-order chi connectivity index (χ0) is 15.0. The standard InChI is InChI=1S/C17H15ClO3/c1-17(2)9-12-4-3-5-15(16(12)21-17)20-14-7-6-11(10-19)8-13(14)18/h3-8,10H,9H2,1-2H3. The summed E-state index contributed by atoms with van der Waals surface area (Å²) in [5, 5.41) is 0.398. The van der Waals surface area contributed by atoms with Crippen LogP contribution in [-0.2, 0) is 6.42 Å². The molecule has 0 N–H and O–H groups in total. The van der Waals surface area contributed by atoms with Crippen LogP contribution in [0, 0.1) is 0 Å². The predicted molar refractivity (Wildman–Crippen MR) is 81.8 cm³/mol. The summed E-state index contributed by atoms with van der Waals surface area (Å²) in [5.74, 6) is 1.90. The van der Waals surface area contributed by atoms with Crippen molar-refractivity contribution in [3.63, 3.8) is 0 Å². The van der Waals surface area contributed by atoms with E-state index in [1.165, 1.54) is 0 Å². The molecule has 21 heavy (non-hydrogen) atoms. The summed E-state index contributed by atoms with van der Waals surface area (Å²) < 4.78 is 11.8. The Morgan fingerprint density at radius 2 is 2.05 bits per heavy atom. The van der Waals surface area contributed by atoms with E-state index >= 15 is 0 Å². The molecule has 0 aromatic heterocycles. The Morgan fingerprint density at radius 3 is 2.76 bits per heavy atom. The SMILES string of the molecule is CC1(C)Cc2cccc(Oc3ccc(C=O)cc3Cl)c2O1. The number of rotatable bonds is 3. The van der Waals surface area contributed by atoms with Gasteiger partial charge in [-0.25, -0.2) is 0 Å². The number of para-hydroxylation sites is 1. The minimum atomic E-state index is -0.229. The zero-order valence-corrected chi connectivity index (χ0v) is 12.6. The third-order valence-corrected chi connectivity index (χ3v) is 3.66. The van der Waals surface area contributed by atoms with Crippen molar-refractivity contribution in [3.8, 4) is 17.2 Å². The van der Waals surface area contributed by atoms with Gasteiger partial charge in [-0.1, -0.05) is 23.7 Å². The van der Waals surface area contributed by atoms with Crippen LogP contribution in [0.25, 0.3) is 0 Å². The van der Waals surface area contributed by atoms with Crippen molar-refractivity contribution in [1.29, 1.82) is 0 Å². The van der Waals surface area contributed by atoms with Crippen molar-refractivity contribution in [2.45, 2.75) is 25.9 Å². The molecule has 108 valence electrons. The molecule has 1 aliphatic heterocycles. The van der Waals surface area contributed by atoms with Gasteiger partial charge in [0, 0.05) is 17.5 Å². The molecule has 2 aromatic carbocycles. The second-order valence-corrected chi connectivity index (χ2v) is 6.10. The highest BCUT2D eigenvalue weighted by Crippen LogP contribution is 2.44. The lowest BCUT2D eigenvalue weighted by atomic mass is 10.0. The molecule has 2 aromatic rings. The lowest BCUT2D eigenvalue weighted by Crippen LogP contribution is -2.24. The Balaban J connectivity index is 1.94. The quantitative estimate of drug-likeness (QED) is 0.774. The molecule has 0 atom stereocenters. The highest BCUT2D eigenvalue weighted by Gasteiger charge is 2.32. The van der Waals surface area contributed by atoms with E-state index in [0.717, 1.165) is 24.0 Å². The first kappa shape index (κ1) is 14.0. The lowest BCUT2D eigenvalue weighted by Gasteiger charge is -2.18. The summed E-state index contributed by atoms with van der Waals surface area (Å²) in [6.45, 7) is 4.09. The van der Waals surface area contributed by atoms with E-state index in [0.29, 0.717) is 22.1 Å². The van der Waals surface area contributed by atoms with Crippen LogP contribution in [0.15, 0.2) is 36.4 Å². The van der Waals surface area contributed by atoms with Crippen LogP contribution in [0.1, 0.15) is 29.8 Å². The Kier molecular flexibility index (Phi) is 3.38. The van der Waals surface area contributed by atoms with Crippen LogP contribution in [-0.4, -0.2) is 11.9 Å². The average molecular weight is 303 g/mol. The van der Waals surface area contributed by atoms with E-state index in [9.17, 15) is 4.79 Å². The van der Waals surface area contributed by atoms with E-state index < -0.39 is 0 Å². The molecule has 0 radical (unpaired) electrons. The van der Waals surface area contributed by atoms with Crippen LogP contribution in [0.3, 0.4) is 0 Å². The van der Waals surface area contributed by atoms with Gasteiger partial charge in [-0.05, 0) is 38.1 Å². The van der Waals surface area contributed by atoms with E-state index in [2.05, 4.69) is 0 Å². The number of ether oxygens (including phenoxy) is 2. The topological polar surface area (TPSA) is 35.5 Å². The molecule has 0 saturated carbocycles. The number of fused-ring (bicyclic) bond motifs is 1. The summed E-state index contributed by atoms with van der Waals surface area (Å²) in [6, 6.07) is 10.8. The van der Waals surface area contributed by atoms with Gasteiger partial charge in [0.2, 0.25) is 0 Å². The molecule has 1 heterocycles. The number of halogens is 1. The molecule has 0 saturated heterocycles. The number of hydrogen-bond acceptors (Lipinski definition) is 3. The highest BCUT2D eigenvalue weighted by molar-refractivity contribution is 6.32. The maximum atomic E-state index is 10.7. The molecule has 0 aliphatic carbocycles. The fourth-order valence-corrected chi connectivity index (χ4v) is 2.69. The first-order valence-electron chi connectivity index (χ1n) is 6.72. The fourth-order valence-electron chi connectivity index (χ4n) is 2.46. The maximum absolute atomic E-state index is 10.7. The predicted octanol–water partition coefficient (Wildman–Crippen LogP) is 4.66. The largest absolute Gasteiger partial charge is 0.483 e. The van der Waals surface area contributed by atoms with E-state index in [1.54, 1.807) is 18.2 Å². The molecular weight excluding hydrogens is 288 g/mol. The van der Waals surface area contributed by atoms with Gasteiger partial charge in [-0.3, -0.25) is 4.79 Å². The minimum absolute atomic E-state index is 0.229. The van der Waals surface area contributed by atoms with Gasteiger partial charge in [0.15, 0.2) is 11.5 Å². The van der Waals surface area contributed by atoms with Crippen molar-refractivity contribution in [2.24, 2.45) is 0 Å². The second kappa shape index (κ2) is 5.08. The molecule has 3 rings (SSSR count). The van der Waals surface area contributed by atoms with Gasteiger partial charge in [0.05, 0.1) is 5.02 Å². The first-order valence-corrected chi connectivity index (χ1v) is 7.10. The average Bonchev–Trinajstić information content (AvgIpc) is 2.76. The number of carbonyl (C=O) groups excluding carboxylic acids is 1. The Labute approximate surface area is 128 Å². The van der Waals surface area contributed by atoms with E-state index in [1.807, 2.05) is 32.0 Å². The van der Waals surface area contributed by atoms with Crippen LogP contribution in [0.4, 0.5) is 0 Å². The summed E-state index contributed by atoms with van der Waals surface area (Å²) in [6.07, 6.45) is 1.60. The normalized spacial score (nSPS) is 15.2. The number of benzene rings is 2. The maximum Gasteiger partial charge on any atom is 0.169 e. The summed E-state index contributed by atoms with van der Waals surface area (Å²) >= 11 is 6.14. The fraction of sp³-hybridized carbons (Fsp3) is 0.235. The van der Waals surface area contributed by atoms with E-state index in [-0.39, 0.29) is 5.60 Å². The zero-order valence-electron chi connectivity index (χ0n) is 11.9. The van der Waals surface area contributed by atoms with E-state index in [4.69, 9.17) is 21.1 Å². The van der Waals surface area contributed by atoms with Crippen molar-refractivity contribution in [3.05, 3.63) is 52.5 Å². The van der Waals surface area contributed by atoms with Gasteiger partial charge in [0.1, 0.15) is 17.6 Å². The van der Waals surface area contributed by atoms with Gasteiger partial charge in [-0.2, -0.15) is 0 Å². The first-order chi connectivity index (χ1) is 9.98. The number of carbonyl (C=O) groups is 1. The molecule has 3 nitrogen and oxygen atoms in total. The summed E-state index contributed by atoms with van der Waals surface area (Å²) in [7, 11) is 0. The van der Waals surface area contributed by atoms with Crippen molar-refractivity contribution < 1.29 is 14.3 Å². The molecule has 0 spiro atoms. The van der Waals surface area contributed by atoms with Crippen molar-refractivity contribution in [1.82, 2.24) is 0 Å². The summed E-state index contributed by atoms with van der Waals surface area (Å²) in [4.78, 5) is 10.7. The molecule has 0 fully saturated rings. The Bertz CT molecular complexity index is 707. The van der Waals surface area contributed by atoms with Gasteiger partial charge in [-0.15, -0.1) is 0 Å². The van der Waals surface area contributed by atoms with Crippen LogP contribution >= 0.6 is 11.6 Å². The molecule has 0 bridgehead atoms. The summed E-state index contributed by atoms with van der Waals surface area (Å²) in [5.41, 5.74) is 1.41. The molecule has 4 heteroatoms. The Morgan fingerprint density at radius 1 is 1.24 bits per heavy atom. The van der Waals surface area contributed by atoms with Crippen LogP contribution in [0.5, 0.6) is 17.2 Å². The molecule has 0 unspecified atom stereocenters. The minimum Gasteiger partial charge on any atom is -0.483 e. The van der Waals surface area contributed by atoms with Crippen molar-refractivity contribution >= 4 is 17.9 Å². The highest BCUT2D eigenvalue weighted by atomic mass is 35.5. The third kappa shape index (κ3) is 2.74. The number of hydrogen-bond donors (Lipinski definition) is 0. The van der Waals surface area contributed by atoms with Gasteiger partial charge >= 0.3 is 0 Å². The monoisotopic (exact) mass is 302 g/mol. The lowest BCUT2D eigenvalue weighted by molar-refractivity contribution is 0.112. The Hall–Kier alpha value is -2.00. The van der Waals surface area contributed by atoms with Gasteiger partial charge in [0.25, 0.3) is 0 Å². The second-order valence-electron chi connectivity index (χ2n) is 5.69. The van der Waals surface area contributed by atoms with Crippen LogP contribution in [0.2, 0.25) is 5.02 Å². The van der Waals surface area contributed by atoms with Gasteiger partial charge < -0.3 is 9.47 Å².